The molecular formula is C12H16N4O2S2. The van der Waals surface area contributed by atoms with E-state index in [-0.39, 0.29) is 0 Å². The standard InChI is InChI=1S/C12H16N4O2S2/c1-19-7-6-13-11(17)15-16-12(18)14-9-4-3-5-10(8-9)20-2/h3-5,8H,6-7H2,1-2H3,(H,13,17)(H,14,18)/b16-15+. The van der Waals surface area contributed by atoms with Crippen molar-refractivity contribution >= 4 is 41.3 Å². The first-order chi connectivity index (χ1) is 9.65. The fourth-order valence-electron chi connectivity index (χ4n) is 1.24. The number of carbonyl (C=O) groups is 2. The summed E-state index contributed by atoms with van der Waals surface area (Å²) >= 11 is 3.17. The summed E-state index contributed by atoms with van der Waals surface area (Å²) in [5.74, 6) is 0.787. The summed E-state index contributed by atoms with van der Waals surface area (Å²) in [6.07, 6.45) is 3.88. The highest BCUT2D eigenvalue weighted by atomic mass is 32.2. The van der Waals surface area contributed by atoms with E-state index in [4.69, 9.17) is 0 Å². The predicted molar refractivity (Wildman–Crippen MR) is 83.9 cm³/mol. The van der Waals surface area contributed by atoms with E-state index in [9.17, 15) is 9.59 Å². The number of carbonyl (C=O) groups excluding carboxylic acids is 2. The summed E-state index contributed by atoms with van der Waals surface area (Å²) < 4.78 is 0. The molecule has 2 N–H and O–H groups in total. The van der Waals surface area contributed by atoms with Gasteiger partial charge in [0, 0.05) is 22.9 Å². The zero-order chi connectivity index (χ0) is 14.8. The van der Waals surface area contributed by atoms with Crippen LogP contribution in [-0.4, -0.2) is 36.9 Å². The van der Waals surface area contributed by atoms with Gasteiger partial charge in [0.2, 0.25) is 0 Å². The molecule has 0 spiro atoms. The second kappa shape index (κ2) is 9.38. The Hall–Kier alpha value is -1.54. The highest BCUT2D eigenvalue weighted by Crippen LogP contribution is 2.18. The number of benzene rings is 1. The summed E-state index contributed by atoms with van der Waals surface area (Å²) in [7, 11) is 0. The van der Waals surface area contributed by atoms with Gasteiger partial charge in [0.15, 0.2) is 0 Å². The zero-order valence-corrected chi connectivity index (χ0v) is 12.9. The Balaban J connectivity index is 2.44. The highest BCUT2D eigenvalue weighted by Gasteiger charge is 2.02. The van der Waals surface area contributed by atoms with Gasteiger partial charge >= 0.3 is 12.1 Å². The monoisotopic (exact) mass is 312 g/mol. The molecule has 6 nitrogen and oxygen atoms in total. The number of azo groups is 1. The van der Waals surface area contributed by atoms with Crippen LogP contribution in [0.2, 0.25) is 0 Å². The van der Waals surface area contributed by atoms with Gasteiger partial charge in [-0.1, -0.05) is 16.3 Å². The fraction of sp³-hybridized carbons (Fsp3) is 0.333. The van der Waals surface area contributed by atoms with Crippen molar-refractivity contribution in [2.45, 2.75) is 4.90 Å². The number of hydrogen-bond acceptors (Lipinski definition) is 4. The molecule has 1 aromatic rings. The first-order valence-corrected chi connectivity index (χ1v) is 8.41. The predicted octanol–water partition coefficient (Wildman–Crippen LogP) is 3.47. The molecule has 0 aromatic heterocycles. The second-order valence-corrected chi connectivity index (χ2v) is 5.45. The number of urea groups is 2. The fourth-order valence-corrected chi connectivity index (χ4v) is 2.00. The quantitative estimate of drug-likeness (QED) is 0.495. The molecule has 0 unspecified atom stereocenters. The Morgan fingerprint density at radius 1 is 1.20 bits per heavy atom. The molecule has 0 fully saturated rings. The molecule has 8 heteroatoms. The van der Waals surface area contributed by atoms with E-state index >= 15 is 0 Å². The van der Waals surface area contributed by atoms with Crippen molar-refractivity contribution in [3.63, 3.8) is 0 Å². The van der Waals surface area contributed by atoms with Gasteiger partial charge in [-0.05, 0) is 30.7 Å². The van der Waals surface area contributed by atoms with Crippen LogP contribution in [0.1, 0.15) is 0 Å². The van der Waals surface area contributed by atoms with E-state index in [1.54, 1.807) is 29.6 Å². The van der Waals surface area contributed by atoms with Crippen molar-refractivity contribution in [1.82, 2.24) is 5.32 Å². The molecule has 0 aliphatic rings. The Morgan fingerprint density at radius 3 is 2.65 bits per heavy atom. The SMILES string of the molecule is CSCCNC(=O)/N=N/C(=O)Nc1cccc(SC)c1. The minimum Gasteiger partial charge on any atom is -0.334 e. The average Bonchev–Trinajstić information content (AvgIpc) is 2.45. The third kappa shape index (κ3) is 6.58. The third-order valence-electron chi connectivity index (χ3n) is 2.14. The molecule has 108 valence electrons. The van der Waals surface area contributed by atoms with Gasteiger partial charge in [-0.2, -0.15) is 11.8 Å². The maximum Gasteiger partial charge on any atom is 0.364 e. The van der Waals surface area contributed by atoms with Crippen LogP contribution in [0.3, 0.4) is 0 Å². The number of nitrogens with zero attached hydrogens (tertiary/aromatic N) is 2. The van der Waals surface area contributed by atoms with E-state index in [0.717, 1.165) is 10.6 Å². The molecule has 0 heterocycles. The van der Waals surface area contributed by atoms with Crippen molar-refractivity contribution < 1.29 is 9.59 Å². The van der Waals surface area contributed by atoms with Gasteiger partial charge in [-0.25, -0.2) is 9.59 Å². The number of anilines is 1. The minimum atomic E-state index is -0.678. The lowest BCUT2D eigenvalue weighted by Gasteiger charge is -2.02. The number of thioether (sulfide) groups is 2. The number of rotatable bonds is 5. The lowest BCUT2D eigenvalue weighted by molar-refractivity contribution is 0.245. The smallest absolute Gasteiger partial charge is 0.334 e. The third-order valence-corrected chi connectivity index (χ3v) is 3.47. The molecule has 0 aliphatic carbocycles. The summed E-state index contributed by atoms with van der Waals surface area (Å²) in [6, 6.07) is 6.02. The van der Waals surface area contributed by atoms with Crippen molar-refractivity contribution in [2.24, 2.45) is 10.2 Å². The number of hydrogen-bond donors (Lipinski definition) is 2. The number of amides is 4. The first kappa shape index (κ1) is 16.5. The van der Waals surface area contributed by atoms with Gasteiger partial charge < -0.3 is 10.6 Å². The van der Waals surface area contributed by atoms with Crippen LogP contribution in [0.25, 0.3) is 0 Å². The largest absolute Gasteiger partial charge is 0.364 e. The average molecular weight is 312 g/mol. The van der Waals surface area contributed by atoms with Gasteiger partial charge in [0.05, 0.1) is 0 Å². The first-order valence-electron chi connectivity index (χ1n) is 5.79. The van der Waals surface area contributed by atoms with Crippen molar-refractivity contribution in [3.05, 3.63) is 24.3 Å². The Morgan fingerprint density at radius 2 is 1.95 bits per heavy atom. The van der Waals surface area contributed by atoms with Crippen molar-refractivity contribution in [1.29, 1.82) is 0 Å². The Kier molecular flexibility index (Phi) is 7.74. The lowest BCUT2D eigenvalue weighted by Crippen LogP contribution is -2.22. The van der Waals surface area contributed by atoms with Crippen LogP contribution >= 0.6 is 23.5 Å². The van der Waals surface area contributed by atoms with Gasteiger partial charge in [0.25, 0.3) is 0 Å². The molecule has 0 saturated carbocycles. The van der Waals surface area contributed by atoms with Crippen LogP contribution < -0.4 is 10.6 Å². The molecule has 0 atom stereocenters. The van der Waals surface area contributed by atoms with Crippen LogP contribution in [-0.2, 0) is 0 Å². The van der Waals surface area contributed by atoms with Gasteiger partial charge in [-0.15, -0.1) is 11.8 Å². The van der Waals surface area contributed by atoms with E-state index in [1.807, 2.05) is 30.7 Å². The molecule has 0 bridgehead atoms. The van der Waals surface area contributed by atoms with E-state index < -0.39 is 12.1 Å². The van der Waals surface area contributed by atoms with Crippen LogP contribution in [0, 0.1) is 0 Å². The summed E-state index contributed by atoms with van der Waals surface area (Å²) in [5.41, 5.74) is 0.614. The minimum absolute atomic E-state index is 0.496. The van der Waals surface area contributed by atoms with Crippen molar-refractivity contribution in [3.8, 4) is 0 Å². The van der Waals surface area contributed by atoms with Crippen LogP contribution in [0.4, 0.5) is 15.3 Å². The molecule has 1 aromatic carbocycles. The van der Waals surface area contributed by atoms with E-state index in [1.165, 1.54) is 0 Å². The Bertz CT molecular complexity index is 494. The maximum absolute atomic E-state index is 11.5. The zero-order valence-electron chi connectivity index (χ0n) is 11.3. The van der Waals surface area contributed by atoms with Gasteiger partial charge in [0.1, 0.15) is 0 Å². The Labute approximate surface area is 126 Å². The summed E-state index contributed by atoms with van der Waals surface area (Å²) in [4.78, 5) is 23.7. The van der Waals surface area contributed by atoms with E-state index in [0.29, 0.717) is 12.2 Å². The lowest BCUT2D eigenvalue weighted by atomic mass is 10.3. The molecule has 20 heavy (non-hydrogen) atoms. The van der Waals surface area contributed by atoms with Crippen LogP contribution in [0.15, 0.2) is 39.4 Å². The number of nitrogens with one attached hydrogen (secondary N) is 2. The summed E-state index contributed by atoms with van der Waals surface area (Å²) in [5, 5.41) is 11.6. The molecule has 0 aliphatic heterocycles. The van der Waals surface area contributed by atoms with E-state index in [2.05, 4.69) is 20.9 Å². The normalized spacial score (nSPS) is 10.5. The van der Waals surface area contributed by atoms with Gasteiger partial charge in [-0.3, -0.25) is 0 Å². The van der Waals surface area contributed by atoms with Crippen LogP contribution in [0.5, 0.6) is 0 Å². The molecule has 0 saturated heterocycles. The molecular weight excluding hydrogens is 296 g/mol. The second-order valence-electron chi connectivity index (χ2n) is 3.59. The molecule has 0 radical (unpaired) electrons. The maximum atomic E-state index is 11.5. The highest BCUT2D eigenvalue weighted by molar-refractivity contribution is 7.98. The molecule has 4 amide bonds. The summed E-state index contributed by atoms with van der Waals surface area (Å²) in [6.45, 7) is 0.496. The molecule has 1 rings (SSSR count). The topological polar surface area (TPSA) is 82.9 Å². The van der Waals surface area contributed by atoms with Crippen molar-refractivity contribution in [2.75, 3.05) is 30.1 Å².